The lowest BCUT2D eigenvalue weighted by Crippen LogP contribution is -2.37. The van der Waals surface area contributed by atoms with Crippen molar-refractivity contribution in [2.75, 3.05) is 25.5 Å². The van der Waals surface area contributed by atoms with Crippen LogP contribution in [0.3, 0.4) is 0 Å². The van der Waals surface area contributed by atoms with Crippen LogP contribution >= 0.6 is 0 Å². The van der Waals surface area contributed by atoms with Gasteiger partial charge in [0, 0.05) is 47.6 Å². The number of halogens is 3. The molecule has 11 heteroatoms. The molecule has 0 spiro atoms. The summed E-state index contributed by atoms with van der Waals surface area (Å²) in [6, 6.07) is 14.4. The first-order valence-electron chi connectivity index (χ1n) is 12.2. The van der Waals surface area contributed by atoms with Gasteiger partial charge in [0.15, 0.2) is 0 Å². The van der Waals surface area contributed by atoms with Crippen molar-refractivity contribution < 1.29 is 27.5 Å². The van der Waals surface area contributed by atoms with Gasteiger partial charge in [-0.2, -0.15) is 13.2 Å². The molecule has 39 heavy (non-hydrogen) atoms. The van der Waals surface area contributed by atoms with Gasteiger partial charge in [-0.05, 0) is 60.7 Å². The Labute approximate surface area is 221 Å². The van der Waals surface area contributed by atoms with Crippen LogP contribution in [0.4, 0.5) is 18.9 Å². The molecule has 0 unspecified atom stereocenters. The zero-order valence-corrected chi connectivity index (χ0v) is 20.9. The van der Waals surface area contributed by atoms with Crippen LogP contribution in [0.2, 0.25) is 0 Å². The minimum atomic E-state index is -4.71. The summed E-state index contributed by atoms with van der Waals surface area (Å²) in [4.78, 5) is 39.1. The number of anilines is 1. The van der Waals surface area contributed by atoms with Crippen LogP contribution in [-0.2, 0) is 6.18 Å². The Morgan fingerprint density at radius 1 is 1.00 bits per heavy atom. The molecule has 0 radical (unpaired) electrons. The number of hydrogen-bond acceptors (Lipinski definition) is 6. The number of likely N-dealkylation sites (tertiary alicyclic amines) is 1. The second-order valence-electron chi connectivity index (χ2n) is 9.22. The number of nitrogens with zero attached hydrogens (tertiary/aromatic N) is 4. The minimum Gasteiger partial charge on any atom is -0.481 e. The van der Waals surface area contributed by atoms with E-state index in [1.54, 1.807) is 24.4 Å². The quantitative estimate of drug-likeness (QED) is 0.371. The topological polar surface area (TPSA) is 97.3 Å². The lowest BCUT2D eigenvalue weighted by atomic mass is 9.89. The van der Waals surface area contributed by atoms with E-state index in [0.717, 1.165) is 35.4 Å². The van der Waals surface area contributed by atoms with Crippen molar-refractivity contribution in [2.45, 2.75) is 24.9 Å². The van der Waals surface area contributed by atoms with Crippen molar-refractivity contribution in [1.82, 2.24) is 19.9 Å². The Hall–Kier alpha value is -4.54. The van der Waals surface area contributed by atoms with Crippen LogP contribution in [0.15, 0.2) is 67.1 Å². The fourth-order valence-corrected chi connectivity index (χ4v) is 4.64. The average molecular weight is 536 g/mol. The van der Waals surface area contributed by atoms with Gasteiger partial charge < -0.3 is 15.0 Å². The number of alkyl halides is 3. The van der Waals surface area contributed by atoms with Crippen molar-refractivity contribution in [3.8, 4) is 5.88 Å². The molecule has 2 amide bonds. The molecule has 5 rings (SSSR count). The number of ether oxygens (including phenoxy) is 1. The number of piperidine rings is 1. The Bertz CT molecular complexity index is 1520. The Morgan fingerprint density at radius 3 is 2.44 bits per heavy atom. The van der Waals surface area contributed by atoms with Crippen LogP contribution in [0.5, 0.6) is 5.88 Å². The van der Waals surface area contributed by atoms with Gasteiger partial charge in [-0.15, -0.1) is 0 Å². The lowest BCUT2D eigenvalue weighted by molar-refractivity contribution is -0.141. The van der Waals surface area contributed by atoms with E-state index >= 15 is 0 Å². The highest BCUT2D eigenvalue weighted by atomic mass is 19.4. The molecule has 1 saturated heterocycles. The summed E-state index contributed by atoms with van der Waals surface area (Å²) in [6.45, 7) is 1.22. The monoisotopic (exact) mass is 535 g/mol. The summed E-state index contributed by atoms with van der Waals surface area (Å²) in [5, 5.41) is 3.43. The lowest BCUT2D eigenvalue weighted by Gasteiger charge is -2.32. The summed E-state index contributed by atoms with van der Waals surface area (Å²) in [6.07, 6.45) is 0.0117. The molecule has 0 atom stereocenters. The second kappa shape index (κ2) is 10.7. The number of fused-ring (bicyclic) bond motifs is 1. The number of hydrogen-bond donors (Lipinski definition) is 1. The summed E-state index contributed by atoms with van der Waals surface area (Å²) < 4.78 is 44.2. The predicted molar refractivity (Wildman–Crippen MR) is 138 cm³/mol. The van der Waals surface area contributed by atoms with Gasteiger partial charge in [-0.3, -0.25) is 9.59 Å². The van der Waals surface area contributed by atoms with Crippen LogP contribution in [0.25, 0.3) is 10.9 Å². The van der Waals surface area contributed by atoms with Gasteiger partial charge in [-0.25, -0.2) is 15.0 Å². The van der Waals surface area contributed by atoms with E-state index in [0.29, 0.717) is 30.4 Å². The number of aromatic nitrogens is 3. The van der Waals surface area contributed by atoms with Gasteiger partial charge in [0.2, 0.25) is 5.88 Å². The third kappa shape index (κ3) is 5.82. The Morgan fingerprint density at radius 2 is 1.74 bits per heavy atom. The number of nitrogens with one attached hydrogen (secondary N) is 1. The van der Waals surface area contributed by atoms with Gasteiger partial charge >= 0.3 is 6.18 Å². The number of methoxy groups -OCH3 is 1. The molecule has 1 fully saturated rings. The third-order valence-corrected chi connectivity index (χ3v) is 6.74. The Balaban J connectivity index is 1.20. The van der Waals surface area contributed by atoms with E-state index < -0.39 is 17.8 Å². The van der Waals surface area contributed by atoms with Crippen LogP contribution < -0.4 is 10.1 Å². The summed E-state index contributed by atoms with van der Waals surface area (Å²) in [5.74, 6) is -0.799. The van der Waals surface area contributed by atoms with Crippen molar-refractivity contribution >= 4 is 28.4 Å². The molecule has 8 nitrogen and oxygen atoms in total. The van der Waals surface area contributed by atoms with Gasteiger partial charge in [0.1, 0.15) is 12.0 Å². The van der Waals surface area contributed by atoms with Crippen molar-refractivity contribution in [1.29, 1.82) is 0 Å². The zero-order chi connectivity index (χ0) is 27.6. The Kier molecular flexibility index (Phi) is 7.14. The first-order valence-corrected chi connectivity index (χ1v) is 12.2. The number of carbonyl (C=O) groups is 2. The maximum absolute atomic E-state index is 13.1. The van der Waals surface area contributed by atoms with Crippen molar-refractivity contribution in [2.24, 2.45) is 0 Å². The highest BCUT2D eigenvalue weighted by Gasteiger charge is 2.34. The predicted octanol–water partition coefficient (Wildman–Crippen LogP) is 5.32. The van der Waals surface area contributed by atoms with Crippen molar-refractivity contribution in [3.63, 3.8) is 0 Å². The number of amides is 2. The van der Waals surface area contributed by atoms with Crippen LogP contribution in [0.1, 0.15) is 50.7 Å². The standard InChI is InChI=1S/C28H24F3N5O3/c1-39-25-14-20(13-24(35-25)28(29,30)31)26(37)34-22-5-2-17(3-6-22)18-8-10-36(11-9-18)27(38)19-4-7-23-21(12-19)15-32-16-33-23/h2-7,12-16,18H,8-11H2,1H3,(H,34,37). The molecule has 1 aliphatic heterocycles. The highest BCUT2D eigenvalue weighted by Crippen LogP contribution is 2.31. The largest absolute Gasteiger partial charge is 0.481 e. The van der Waals surface area contributed by atoms with Gasteiger partial charge in [0.25, 0.3) is 11.8 Å². The first kappa shape index (κ1) is 26.1. The van der Waals surface area contributed by atoms with E-state index in [9.17, 15) is 22.8 Å². The van der Waals surface area contributed by atoms with E-state index in [-0.39, 0.29) is 23.3 Å². The molecule has 2 aromatic heterocycles. The molecule has 0 saturated carbocycles. The van der Waals surface area contributed by atoms with Crippen LogP contribution in [0, 0.1) is 0 Å². The summed E-state index contributed by atoms with van der Waals surface area (Å²) in [7, 11) is 1.18. The highest BCUT2D eigenvalue weighted by molar-refractivity contribution is 6.04. The fraction of sp³-hybridized carbons (Fsp3) is 0.250. The first-order chi connectivity index (χ1) is 18.7. The maximum Gasteiger partial charge on any atom is 0.433 e. The molecule has 1 N–H and O–H groups in total. The smallest absolute Gasteiger partial charge is 0.433 e. The fourth-order valence-electron chi connectivity index (χ4n) is 4.64. The molecule has 0 bridgehead atoms. The molecule has 4 aromatic rings. The number of pyridine rings is 1. The van der Waals surface area contributed by atoms with E-state index in [2.05, 4.69) is 20.3 Å². The average Bonchev–Trinajstić information content (AvgIpc) is 2.96. The van der Waals surface area contributed by atoms with Crippen LogP contribution in [-0.4, -0.2) is 51.9 Å². The molecule has 0 aliphatic carbocycles. The second-order valence-corrected chi connectivity index (χ2v) is 9.22. The summed E-state index contributed by atoms with van der Waals surface area (Å²) in [5.41, 5.74) is 1.47. The number of benzene rings is 2. The maximum atomic E-state index is 13.1. The number of carbonyl (C=O) groups excluding carboxylic acids is 2. The SMILES string of the molecule is COc1cc(C(=O)Nc2ccc(C3CCN(C(=O)c4ccc5ncncc5c4)CC3)cc2)cc(C(F)(F)F)n1. The third-order valence-electron chi connectivity index (χ3n) is 6.74. The molecule has 2 aromatic carbocycles. The van der Waals surface area contributed by atoms with E-state index in [4.69, 9.17) is 4.74 Å². The normalized spacial score (nSPS) is 14.3. The van der Waals surface area contributed by atoms with E-state index in [1.807, 2.05) is 29.2 Å². The molecule has 1 aliphatic rings. The summed E-state index contributed by atoms with van der Waals surface area (Å²) >= 11 is 0. The molecule has 200 valence electrons. The van der Waals surface area contributed by atoms with E-state index in [1.165, 1.54) is 13.4 Å². The van der Waals surface area contributed by atoms with Gasteiger partial charge in [0.05, 0.1) is 12.6 Å². The van der Waals surface area contributed by atoms with Crippen molar-refractivity contribution in [3.05, 3.63) is 89.5 Å². The molecule has 3 heterocycles. The molecular formula is C28H24F3N5O3. The molecular weight excluding hydrogens is 511 g/mol. The zero-order valence-electron chi connectivity index (χ0n) is 20.9. The number of rotatable bonds is 5. The van der Waals surface area contributed by atoms with Gasteiger partial charge in [-0.1, -0.05) is 12.1 Å². The minimum absolute atomic E-state index is 0.0290.